The van der Waals surface area contributed by atoms with Crippen molar-refractivity contribution in [3.8, 4) is 5.75 Å². The van der Waals surface area contributed by atoms with Crippen molar-refractivity contribution in [3.63, 3.8) is 0 Å². The third kappa shape index (κ3) is 4.42. The van der Waals surface area contributed by atoms with Crippen LogP contribution in [0.5, 0.6) is 5.75 Å². The largest absolute Gasteiger partial charge is 0.490 e. The first-order valence-electron chi connectivity index (χ1n) is 8.63. The predicted octanol–water partition coefficient (Wildman–Crippen LogP) is 1.88. The van der Waals surface area contributed by atoms with Crippen molar-refractivity contribution in [2.24, 2.45) is 0 Å². The zero-order chi connectivity index (χ0) is 18.4. The Morgan fingerprint density at radius 2 is 1.88 bits per heavy atom. The second-order valence-electron chi connectivity index (χ2n) is 6.10. The van der Waals surface area contributed by atoms with Crippen LogP contribution in [-0.2, 0) is 21.2 Å². The molecule has 0 spiro atoms. The lowest BCUT2D eigenvalue weighted by Crippen LogP contribution is -2.38. The number of benzene rings is 2. The number of para-hydroxylation sites is 1. The van der Waals surface area contributed by atoms with Crippen LogP contribution in [0, 0.1) is 0 Å². The van der Waals surface area contributed by atoms with Crippen molar-refractivity contribution >= 4 is 10.0 Å². The van der Waals surface area contributed by atoms with E-state index in [1.54, 1.807) is 31.4 Å². The van der Waals surface area contributed by atoms with Gasteiger partial charge in [0.15, 0.2) is 0 Å². The first kappa shape index (κ1) is 18.8. The van der Waals surface area contributed by atoms with Crippen molar-refractivity contribution in [2.45, 2.75) is 17.4 Å². The summed E-state index contributed by atoms with van der Waals surface area (Å²) in [5, 5.41) is 3.38. The van der Waals surface area contributed by atoms with Crippen LogP contribution in [0.25, 0.3) is 0 Å². The van der Waals surface area contributed by atoms with E-state index in [1.807, 2.05) is 18.2 Å². The summed E-state index contributed by atoms with van der Waals surface area (Å²) in [6.07, 6.45) is 0.954. The van der Waals surface area contributed by atoms with Crippen LogP contribution in [-0.4, -0.2) is 41.8 Å². The topological polar surface area (TPSA) is 76.7 Å². The highest BCUT2D eigenvalue weighted by molar-refractivity contribution is 7.89. The maximum Gasteiger partial charge on any atom is 0.244 e. The fourth-order valence-electron chi connectivity index (χ4n) is 3.07. The van der Waals surface area contributed by atoms with Gasteiger partial charge in [-0.15, -0.1) is 0 Å². The Balaban J connectivity index is 1.72. The first-order valence-corrected chi connectivity index (χ1v) is 10.1. The highest BCUT2D eigenvalue weighted by Crippen LogP contribution is 2.25. The van der Waals surface area contributed by atoms with E-state index in [0.29, 0.717) is 19.0 Å². The number of ether oxygens (including phenoxy) is 2. The monoisotopic (exact) mass is 376 g/mol. The Morgan fingerprint density at radius 3 is 2.73 bits per heavy atom. The third-order valence-corrected chi connectivity index (χ3v) is 5.84. The molecule has 0 amide bonds. The summed E-state index contributed by atoms with van der Waals surface area (Å²) in [4.78, 5) is 0.139. The Hall–Kier alpha value is -1.93. The molecular weight excluding hydrogens is 352 g/mol. The Morgan fingerprint density at radius 1 is 1.12 bits per heavy atom. The summed E-state index contributed by atoms with van der Waals surface area (Å²) in [5.74, 6) is 0.328. The molecule has 0 aliphatic carbocycles. The SMILES string of the molecule is COCCOc1ccccc1S(=O)(=O)NCC1NCCc2ccccc21. The smallest absolute Gasteiger partial charge is 0.244 e. The maximum absolute atomic E-state index is 12.8. The molecule has 6 nitrogen and oxygen atoms in total. The molecule has 1 atom stereocenters. The molecule has 0 saturated carbocycles. The van der Waals surface area contributed by atoms with Crippen LogP contribution >= 0.6 is 0 Å². The van der Waals surface area contributed by atoms with E-state index in [9.17, 15) is 8.42 Å². The fourth-order valence-corrected chi connectivity index (χ4v) is 4.26. The number of fused-ring (bicyclic) bond motifs is 1. The van der Waals surface area contributed by atoms with Gasteiger partial charge in [0.1, 0.15) is 17.3 Å². The zero-order valence-electron chi connectivity index (χ0n) is 14.8. The van der Waals surface area contributed by atoms with Gasteiger partial charge in [-0.05, 0) is 36.2 Å². The Labute approximate surface area is 154 Å². The molecule has 1 heterocycles. The van der Waals surface area contributed by atoms with Gasteiger partial charge in [0, 0.05) is 19.7 Å². The molecular formula is C19H24N2O4S. The van der Waals surface area contributed by atoms with Gasteiger partial charge in [-0.25, -0.2) is 13.1 Å². The van der Waals surface area contributed by atoms with Crippen molar-refractivity contribution in [3.05, 3.63) is 59.7 Å². The molecule has 2 aromatic carbocycles. The zero-order valence-corrected chi connectivity index (χ0v) is 15.6. The molecule has 0 radical (unpaired) electrons. The van der Waals surface area contributed by atoms with E-state index in [-0.39, 0.29) is 17.5 Å². The summed E-state index contributed by atoms with van der Waals surface area (Å²) in [6.45, 7) is 1.80. The van der Waals surface area contributed by atoms with Gasteiger partial charge >= 0.3 is 0 Å². The first-order chi connectivity index (χ1) is 12.6. The van der Waals surface area contributed by atoms with Crippen molar-refractivity contribution in [1.82, 2.24) is 10.0 Å². The molecule has 2 N–H and O–H groups in total. The molecule has 2 aromatic rings. The molecule has 1 aliphatic heterocycles. The van der Waals surface area contributed by atoms with E-state index in [0.717, 1.165) is 18.5 Å². The summed E-state index contributed by atoms with van der Waals surface area (Å²) >= 11 is 0. The summed E-state index contributed by atoms with van der Waals surface area (Å²) in [7, 11) is -2.11. The van der Waals surface area contributed by atoms with Gasteiger partial charge < -0.3 is 14.8 Å². The third-order valence-electron chi connectivity index (χ3n) is 4.38. The number of hydrogen-bond donors (Lipinski definition) is 2. The second-order valence-corrected chi connectivity index (χ2v) is 7.83. The molecule has 0 aromatic heterocycles. The van der Waals surface area contributed by atoms with E-state index in [4.69, 9.17) is 9.47 Å². The minimum atomic E-state index is -3.69. The van der Waals surface area contributed by atoms with E-state index in [2.05, 4.69) is 16.1 Å². The lowest BCUT2D eigenvalue weighted by Gasteiger charge is -2.27. The van der Waals surface area contributed by atoms with Gasteiger partial charge in [0.05, 0.1) is 6.61 Å². The van der Waals surface area contributed by atoms with E-state index >= 15 is 0 Å². The Kier molecular flexibility index (Phi) is 6.26. The summed E-state index contributed by atoms with van der Waals surface area (Å²) in [5.41, 5.74) is 2.41. The minimum Gasteiger partial charge on any atom is -0.490 e. The number of hydrogen-bond acceptors (Lipinski definition) is 5. The van der Waals surface area contributed by atoms with Gasteiger partial charge in [0.2, 0.25) is 10.0 Å². The lowest BCUT2D eigenvalue weighted by molar-refractivity contribution is 0.144. The number of methoxy groups -OCH3 is 1. The maximum atomic E-state index is 12.8. The highest BCUT2D eigenvalue weighted by atomic mass is 32.2. The normalized spacial score (nSPS) is 16.9. The van der Waals surface area contributed by atoms with Crippen LogP contribution in [0.3, 0.4) is 0 Å². The molecule has 26 heavy (non-hydrogen) atoms. The molecule has 1 aliphatic rings. The lowest BCUT2D eigenvalue weighted by atomic mass is 9.95. The van der Waals surface area contributed by atoms with Crippen molar-refractivity contribution in [1.29, 1.82) is 0 Å². The van der Waals surface area contributed by atoms with Gasteiger partial charge in [0.25, 0.3) is 0 Å². The number of nitrogens with one attached hydrogen (secondary N) is 2. The summed E-state index contributed by atoms with van der Waals surface area (Å²) < 4.78 is 38.8. The average Bonchev–Trinajstić information content (AvgIpc) is 2.67. The fraction of sp³-hybridized carbons (Fsp3) is 0.368. The van der Waals surface area contributed by atoms with Gasteiger partial charge in [-0.2, -0.15) is 0 Å². The molecule has 7 heteroatoms. The number of rotatable bonds is 8. The number of sulfonamides is 1. The standard InChI is InChI=1S/C19H24N2O4S/c1-24-12-13-25-18-8-4-5-9-19(18)26(22,23)21-14-17-16-7-3-2-6-15(16)10-11-20-17/h2-9,17,20-21H,10-14H2,1H3. The van der Waals surface area contributed by atoms with Crippen LogP contribution < -0.4 is 14.8 Å². The van der Waals surface area contributed by atoms with Gasteiger partial charge in [-0.1, -0.05) is 36.4 Å². The molecule has 0 fully saturated rings. The van der Waals surface area contributed by atoms with Crippen LogP contribution in [0.4, 0.5) is 0 Å². The van der Waals surface area contributed by atoms with Crippen LogP contribution in [0.2, 0.25) is 0 Å². The molecule has 1 unspecified atom stereocenters. The van der Waals surface area contributed by atoms with E-state index in [1.165, 1.54) is 5.56 Å². The average molecular weight is 376 g/mol. The molecule has 3 rings (SSSR count). The second kappa shape index (κ2) is 8.64. The van der Waals surface area contributed by atoms with Gasteiger partial charge in [-0.3, -0.25) is 0 Å². The predicted molar refractivity (Wildman–Crippen MR) is 99.9 cm³/mol. The van der Waals surface area contributed by atoms with Crippen molar-refractivity contribution in [2.75, 3.05) is 33.4 Å². The summed E-state index contributed by atoms with van der Waals surface area (Å²) in [6, 6.07) is 14.7. The molecule has 140 valence electrons. The van der Waals surface area contributed by atoms with Crippen LogP contribution in [0.15, 0.2) is 53.4 Å². The highest BCUT2D eigenvalue weighted by Gasteiger charge is 2.24. The molecule has 0 bridgehead atoms. The van der Waals surface area contributed by atoms with Crippen molar-refractivity contribution < 1.29 is 17.9 Å². The minimum absolute atomic E-state index is 0.0451. The molecule has 0 saturated heterocycles. The quantitative estimate of drug-likeness (QED) is 0.688. The van der Waals surface area contributed by atoms with E-state index < -0.39 is 10.0 Å². The Bertz CT molecular complexity index is 839. The van der Waals surface area contributed by atoms with Crippen LogP contribution in [0.1, 0.15) is 17.2 Å².